The van der Waals surface area contributed by atoms with Crippen molar-refractivity contribution in [2.24, 2.45) is 11.8 Å². The number of ether oxygens (including phenoxy) is 1. The van der Waals surface area contributed by atoms with Crippen LogP contribution in [0.5, 0.6) is 0 Å². The van der Waals surface area contributed by atoms with Crippen molar-refractivity contribution in [2.45, 2.75) is 57.0 Å². The molecule has 1 N–H and O–H groups in total. The Balaban J connectivity index is 1.42. The molecule has 2 aliphatic carbocycles. The minimum Gasteiger partial charge on any atom is -0.379 e. The highest BCUT2D eigenvalue weighted by Crippen LogP contribution is 2.40. The van der Waals surface area contributed by atoms with Crippen LogP contribution < -0.4 is 5.32 Å². The molecule has 4 rings (SSSR count). The highest BCUT2D eigenvalue weighted by molar-refractivity contribution is 6.31. The third-order valence-electron chi connectivity index (χ3n) is 6.29. The van der Waals surface area contributed by atoms with Crippen molar-refractivity contribution in [3.8, 4) is 0 Å². The van der Waals surface area contributed by atoms with Crippen LogP contribution in [0.15, 0.2) is 24.3 Å². The summed E-state index contributed by atoms with van der Waals surface area (Å²) in [5.74, 6) is 1.00. The Kier molecular flexibility index (Phi) is 6.22. The summed E-state index contributed by atoms with van der Waals surface area (Å²) in [6.45, 7) is 1.82. The summed E-state index contributed by atoms with van der Waals surface area (Å²) in [6.07, 6.45) is 7.65. The van der Waals surface area contributed by atoms with Gasteiger partial charge in [-0.2, -0.15) is 0 Å². The van der Waals surface area contributed by atoms with E-state index in [-0.39, 0.29) is 17.9 Å². The summed E-state index contributed by atoms with van der Waals surface area (Å²) in [7, 11) is 0. The molecule has 3 atom stereocenters. The van der Waals surface area contributed by atoms with Crippen LogP contribution in [-0.2, 0) is 9.53 Å². The molecule has 1 aliphatic heterocycles. The van der Waals surface area contributed by atoms with Gasteiger partial charge in [-0.05, 0) is 62.1 Å². The fraction of sp³-hybridized carbons (Fsp3) is 0.636. The number of benzene rings is 1. The molecule has 0 radical (unpaired) electrons. The first-order valence-corrected chi connectivity index (χ1v) is 10.9. The Hall–Kier alpha value is -1.59. The van der Waals surface area contributed by atoms with E-state index in [2.05, 4.69) is 5.32 Å². The van der Waals surface area contributed by atoms with Gasteiger partial charge >= 0.3 is 0 Å². The van der Waals surface area contributed by atoms with Gasteiger partial charge in [-0.15, -0.1) is 0 Å². The molecule has 3 fully saturated rings. The lowest BCUT2D eigenvalue weighted by Crippen LogP contribution is -2.50. The summed E-state index contributed by atoms with van der Waals surface area (Å²) < 4.78 is 5.61. The predicted octanol–water partition coefficient (Wildman–Crippen LogP) is 3.66. The highest BCUT2D eigenvalue weighted by Gasteiger charge is 2.47. The number of carbonyl (C=O) groups excluding carboxylic acids is 2. The standard InChI is InChI=1S/C22H29ClN2O3/c23-18-6-3-5-17(12-18)22(27)25-19-7-2-1-4-16(19)13-20(25)21(26)24-10-11-28-14-15-8-9-15/h3,5-6,12,15-16,19-20H,1-2,4,7-11,13-14H2,(H,24,26). The van der Waals surface area contributed by atoms with Crippen LogP contribution in [0.2, 0.25) is 5.02 Å². The minimum atomic E-state index is -0.400. The Bertz CT molecular complexity index is 721. The Morgan fingerprint density at radius 3 is 2.79 bits per heavy atom. The molecular formula is C22H29ClN2O3. The SMILES string of the molecule is O=C(NCCOCC1CC1)C1CC2CCCCC2N1C(=O)c1cccc(Cl)c1. The molecule has 1 heterocycles. The number of nitrogens with zero attached hydrogens (tertiary/aromatic N) is 1. The van der Waals surface area contributed by atoms with Gasteiger partial charge in [0.05, 0.1) is 6.61 Å². The van der Waals surface area contributed by atoms with Crippen molar-refractivity contribution >= 4 is 23.4 Å². The van der Waals surface area contributed by atoms with E-state index in [1.54, 1.807) is 24.3 Å². The van der Waals surface area contributed by atoms with E-state index in [4.69, 9.17) is 16.3 Å². The molecule has 1 aromatic carbocycles. The second kappa shape index (κ2) is 8.83. The Morgan fingerprint density at radius 1 is 1.18 bits per heavy atom. The van der Waals surface area contributed by atoms with E-state index >= 15 is 0 Å². The quantitative estimate of drug-likeness (QED) is 0.705. The van der Waals surface area contributed by atoms with E-state index in [0.717, 1.165) is 38.2 Å². The minimum absolute atomic E-state index is 0.0557. The zero-order chi connectivity index (χ0) is 19.5. The molecule has 3 aliphatic rings. The first-order valence-electron chi connectivity index (χ1n) is 10.6. The summed E-state index contributed by atoms with van der Waals surface area (Å²) >= 11 is 6.09. The van der Waals surface area contributed by atoms with Crippen LogP contribution >= 0.6 is 11.6 Å². The first-order chi connectivity index (χ1) is 13.6. The molecule has 6 heteroatoms. The average molecular weight is 405 g/mol. The molecule has 5 nitrogen and oxygen atoms in total. The maximum absolute atomic E-state index is 13.3. The first kappa shape index (κ1) is 19.7. The highest BCUT2D eigenvalue weighted by atomic mass is 35.5. The maximum atomic E-state index is 13.3. The van der Waals surface area contributed by atoms with Gasteiger partial charge in [0.2, 0.25) is 5.91 Å². The van der Waals surface area contributed by atoms with Gasteiger partial charge in [0.1, 0.15) is 6.04 Å². The van der Waals surface area contributed by atoms with Crippen LogP contribution in [0.25, 0.3) is 0 Å². The summed E-state index contributed by atoms with van der Waals surface area (Å²) in [6, 6.07) is 6.78. The lowest BCUT2D eigenvalue weighted by atomic mass is 9.84. The third-order valence-corrected chi connectivity index (χ3v) is 6.53. The van der Waals surface area contributed by atoms with Gasteiger partial charge in [0.15, 0.2) is 0 Å². The van der Waals surface area contributed by atoms with Crippen molar-refractivity contribution in [3.63, 3.8) is 0 Å². The zero-order valence-electron chi connectivity index (χ0n) is 16.2. The molecule has 2 saturated carbocycles. The Morgan fingerprint density at radius 2 is 2.00 bits per heavy atom. The van der Waals surface area contributed by atoms with E-state index in [9.17, 15) is 9.59 Å². The number of likely N-dealkylation sites (tertiary alicyclic amines) is 1. The van der Waals surface area contributed by atoms with Gasteiger partial charge in [0.25, 0.3) is 5.91 Å². The second-order valence-electron chi connectivity index (χ2n) is 8.40. The summed E-state index contributed by atoms with van der Waals surface area (Å²) in [5.41, 5.74) is 0.560. The zero-order valence-corrected chi connectivity index (χ0v) is 17.0. The Labute approximate surface area is 171 Å². The van der Waals surface area contributed by atoms with Gasteiger partial charge in [0, 0.05) is 29.8 Å². The van der Waals surface area contributed by atoms with Crippen LogP contribution in [-0.4, -0.2) is 48.6 Å². The largest absolute Gasteiger partial charge is 0.379 e. The predicted molar refractivity (Wildman–Crippen MR) is 108 cm³/mol. The van der Waals surface area contributed by atoms with Crippen molar-refractivity contribution in [1.82, 2.24) is 10.2 Å². The molecule has 1 aromatic rings. The molecule has 3 unspecified atom stereocenters. The molecule has 28 heavy (non-hydrogen) atoms. The summed E-state index contributed by atoms with van der Waals surface area (Å²) in [4.78, 5) is 28.1. The molecule has 0 spiro atoms. The van der Waals surface area contributed by atoms with Gasteiger partial charge < -0.3 is 15.0 Å². The van der Waals surface area contributed by atoms with Gasteiger partial charge in [-0.3, -0.25) is 9.59 Å². The maximum Gasteiger partial charge on any atom is 0.254 e. The van der Waals surface area contributed by atoms with Crippen molar-refractivity contribution in [2.75, 3.05) is 19.8 Å². The number of hydrogen-bond donors (Lipinski definition) is 1. The van der Waals surface area contributed by atoms with E-state index < -0.39 is 6.04 Å². The molecule has 2 amide bonds. The number of halogens is 1. The number of fused-ring (bicyclic) bond motifs is 1. The van der Waals surface area contributed by atoms with E-state index in [0.29, 0.717) is 29.7 Å². The summed E-state index contributed by atoms with van der Waals surface area (Å²) in [5, 5.41) is 3.53. The van der Waals surface area contributed by atoms with Crippen LogP contribution in [0.4, 0.5) is 0 Å². The van der Waals surface area contributed by atoms with Crippen LogP contribution in [0.1, 0.15) is 55.3 Å². The van der Waals surface area contributed by atoms with Gasteiger partial charge in [-0.25, -0.2) is 0 Å². The lowest BCUT2D eigenvalue weighted by Gasteiger charge is -2.33. The topological polar surface area (TPSA) is 58.6 Å². The fourth-order valence-electron chi connectivity index (χ4n) is 4.66. The second-order valence-corrected chi connectivity index (χ2v) is 8.83. The number of carbonyl (C=O) groups is 2. The molecular weight excluding hydrogens is 376 g/mol. The molecule has 0 bridgehead atoms. The number of amides is 2. The lowest BCUT2D eigenvalue weighted by molar-refractivity contribution is -0.125. The van der Waals surface area contributed by atoms with Crippen LogP contribution in [0.3, 0.4) is 0 Å². The fourth-order valence-corrected chi connectivity index (χ4v) is 4.85. The van der Waals surface area contributed by atoms with Gasteiger partial charge in [-0.1, -0.05) is 30.5 Å². The number of nitrogens with one attached hydrogen (secondary N) is 1. The van der Waals surface area contributed by atoms with Crippen molar-refractivity contribution in [1.29, 1.82) is 0 Å². The van der Waals surface area contributed by atoms with Crippen molar-refractivity contribution in [3.05, 3.63) is 34.9 Å². The molecule has 152 valence electrons. The van der Waals surface area contributed by atoms with Crippen LogP contribution in [0, 0.1) is 11.8 Å². The average Bonchev–Trinajstić information content (AvgIpc) is 3.44. The molecule has 0 aromatic heterocycles. The van der Waals surface area contributed by atoms with E-state index in [1.165, 1.54) is 19.3 Å². The number of hydrogen-bond acceptors (Lipinski definition) is 3. The number of rotatable bonds is 7. The van der Waals surface area contributed by atoms with E-state index in [1.807, 2.05) is 4.90 Å². The molecule has 1 saturated heterocycles. The monoisotopic (exact) mass is 404 g/mol. The normalized spacial score (nSPS) is 26.8. The smallest absolute Gasteiger partial charge is 0.254 e. The van der Waals surface area contributed by atoms with Crippen molar-refractivity contribution < 1.29 is 14.3 Å². The third kappa shape index (κ3) is 4.52.